The summed E-state index contributed by atoms with van der Waals surface area (Å²) in [7, 11) is 0. The van der Waals surface area contributed by atoms with Gasteiger partial charge in [-0.2, -0.15) is 0 Å². The van der Waals surface area contributed by atoms with E-state index in [1.807, 2.05) is 13.8 Å². The maximum Gasteiger partial charge on any atom is 0.410 e. The molecule has 1 N–H and O–H groups in total. The van der Waals surface area contributed by atoms with E-state index in [9.17, 15) is 9.59 Å². The molecular weight excluding hydrogens is 315 g/mol. The Morgan fingerprint density at radius 2 is 2.14 bits per heavy atom. The summed E-state index contributed by atoms with van der Waals surface area (Å²) >= 11 is 11.7. The lowest BCUT2D eigenvalue weighted by Gasteiger charge is -2.16. The number of rotatable bonds is 4. The number of hydrogen-bond acceptors (Lipinski definition) is 3. The smallest absolute Gasteiger partial charge is 0.410 e. The van der Waals surface area contributed by atoms with Gasteiger partial charge in [-0.3, -0.25) is 4.79 Å². The zero-order chi connectivity index (χ0) is 15.6. The van der Waals surface area contributed by atoms with Crippen molar-refractivity contribution in [3.63, 3.8) is 0 Å². The largest absolute Gasteiger partial charge is 0.442 e. The number of amides is 2. The maximum atomic E-state index is 12.0. The van der Waals surface area contributed by atoms with Crippen LogP contribution in [-0.4, -0.2) is 42.1 Å². The van der Waals surface area contributed by atoms with Gasteiger partial charge < -0.3 is 15.0 Å². The number of ether oxygens (including phenoxy) is 1. The fraction of sp³-hybridized carbons (Fsp3) is 0.429. The SMILES string of the molecule is CC(C)N1CC(CNC(=O)c2ccc(Cl)c(Cl)c2)OC1=O. The second-order valence-electron chi connectivity index (χ2n) is 5.09. The lowest BCUT2D eigenvalue weighted by Crippen LogP contribution is -2.36. The average Bonchev–Trinajstić information content (AvgIpc) is 2.80. The lowest BCUT2D eigenvalue weighted by molar-refractivity contribution is 0.0914. The van der Waals surface area contributed by atoms with Gasteiger partial charge in [-0.25, -0.2) is 4.79 Å². The van der Waals surface area contributed by atoms with Crippen molar-refractivity contribution < 1.29 is 14.3 Å². The van der Waals surface area contributed by atoms with Crippen molar-refractivity contribution in [2.24, 2.45) is 0 Å². The van der Waals surface area contributed by atoms with Gasteiger partial charge in [0.2, 0.25) is 0 Å². The van der Waals surface area contributed by atoms with Gasteiger partial charge in [0, 0.05) is 11.6 Å². The first kappa shape index (κ1) is 15.9. The molecule has 1 aromatic carbocycles. The summed E-state index contributed by atoms with van der Waals surface area (Å²) in [6.07, 6.45) is -0.689. The Labute approximate surface area is 133 Å². The van der Waals surface area contributed by atoms with Gasteiger partial charge in [-0.1, -0.05) is 23.2 Å². The van der Waals surface area contributed by atoms with Crippen LogP contribution in [0.15, 0.2) is 18.2 Å². The van der Waals surface area contributed by atoms with E-state index in [0.29, 0.717) is 22.2 Å². The van der Waals surface area contributed by atoms with Crippen molar-refractivity contribution >= 4 is 35.2 Å². The first-order valence-corrected chi connectivity index (χ1v) is 7.34. The standard InChI is InChI=1S/C14H16Cl2N2O3/c1-8(2)18-7-10(21-14(18)20)6-17-13(19)9-3-4-11(15)12(16)5-9/h3-5,8,10H,6-7H2,1-2H3,(H,17,19). The molecule has 1 atom stereocenters. The number of halogens is 2. The predicted molar refractivity (Wildman–Crippen MR) is 80.9 cm³/mol. The number of hydrogen-bond donors (Lipinski definition) is 1. The fourth-order valence-electron chi connectivity index (χ4n) is 2.02. The highest BCUT2D eigenvalue weighted by Crippen LogP contribution is 2.22. The summed E-state index contributed by atoms with van der Waals surface area (Å²) < 4.78 is 5.19. The van der Waals surface area contributed by atoms with Crippen molar-refractivity contribution in [1.82, 2.24) is 10.2 Å². The zero-order valence-electron chi connectivity index (χ0n) is 11.7. The molecule has 1 aromatic rings. The molecule has 2 amide bonds. The summed E-state index contributed by atoms with van der Waals surface area (Å²) in [6.45, 7) is 4.56. The Bertz CT molecular complexity index is 563. The van der Waals surface area contributed by atoms with Crippen molar-refractivity contribution in [3.05, 3.63) is 33.8 Å². The van der Waals surface area contributed by atoms with Crippen LogP contribution < -0.4 is 5.32 Å². The summed E-state index contributed by atoms with van der Waals surface area (Å²) in [5.74, 6) is -0.285. The van der Waals surface area contributed by atoms with E-state index in [1.165, 1.54) is 6.07 Å². The molecule has 0 saturated carbocycles. The molecule has 5 nitrogen and oxygen atoms in total. The van der Waals surface area contributed by atoms with Gasteiger partial charge >= 0.3 is 6.09 Å². The molecule has 0 aromatic heterocycles. The summed E-state index contributed by atoms with van der Waals surface area (Å²) in [5, 5.41) is 3.44. The van der Waals surface area contributed by atoms with Crippen LogP contribution >= 0.6 is 23.2 Å². The maximum absolute atomic E-state index is 12.0. The van der Waals surface area contributed by atoms with Crippen molar-refractivity contribution in [2.75, 3.05) is 13.1 Å². The van der Waals surface area contributed by atoms with Gasteiger partial charge in [0.05, 0.1) is 23.1 Å². The molecule has 1 unspecified atom stereocenters. The van der Waals surface area contributed by atoms with Gasteiger partial charge in [-0.05, 0) is 32.0 Å². The molecule has 1 aliphatic rings. The molecule has 21 heavy (non-hydrogen) atoms. The Balaban J connectivity index is 1.90. The quantitative estimate of drug-likeness (QED) is 0.923. The van der Waals surface area contributed by atoms with Gasteiger partial charge in [0.1, 0.15) is 6.10 Å². The number of nitrogens with one attached hydrogen (secondary N) is 1. The normalized spacial score (nSPS) is 18.0. The molecule has 1 heterocycles. The molecule has 1 saturated heterocycles. The van der Waals surface area contributed by atoms with Crippen molar-refractivity contribution in [3.8, 4) is 0 Å². The highest BCUT2D eigenvalue weighted by atomic mass is 35.5. The van der Waals surface area contributed by atoms with Crippen LogP contribution in [0.5, 0.6) is 0 Å². The van der Waals surface area contributed by atoms with E-state index in [0.717, 1.165) is 0 Å². The van der Waals surface area contributed by atoms with Crippen LogP contribution in [0.1, 0.15) is 24.2 Å². The van der Waals surface area contributed by atoms with E-state index in [2.05, 4.69) is 5.32 Å². The molecule has 7 heteroatoms. The second kappa shape index (κ2) is 6.54. The number of cyclic esters (lactones) is 1. The predicted octanol–water partition coefficient (Wildman–Crippen LogP) is 2.95. The van der Waals surface area contributed by atoms with Crippen LogP contribution in [-0.2, 0) is 4.74 Å². The third-order valence-electron chi connectivity index (χ3n) is 3.20. The molecule has 1 fully saturated rings. The third-order valence-corrected chi connectivity index (χ3v) is 3.94. The van der Waals surface area contributed by atoms with E-state index < -0.39 is 0 Å². The first-order chi connectivity index (χ1) is 9.88. The fourth-order valence-corrected chi connectivity index (χ4v) is 2.31. The van der Waals surface area contributed by atoms with E-state index in [1.54, 1.807) is 17.0 Å². The monoisotopic (exact) mass is 330 g/mol. The minimum absolute atomic E-state index is 0.0771. The first-order valence-electron chi connectivity index (χ1n) is 6.59. The molecule has 114 valence electrons. The number of nitrogens with zero attached hydrogens (tertiary/aromatic N) is 1. The van der Waals surface area contributed by atoms with E-state index in [4.69, 9.17) is 27.9 Å². The third kappa shape index (κ3) is 3.80. The highest BCUT2D eigenvalue weighted by molar-refractivity contribution is 6.42. The summed E-state index contributed by atoms with van der Waals surface area (Å²) in [5.41, 5.74) is 0.412. The molecule has 1 aliphatic heterocycles. The Morgan fingerprint density at radius 1 is 1.43 bits per heavy atom. The van der Waals surface area contributed by atoms with Crippen molar-refractivity contribution in [2.45, 2.75) is 26.0 Å². The molecule has 0 spiro atoms. The van der Waals surface area contributed by atoms with Crippen LogP contribution in [0.3, 0.4) is 0 Å². The highest BCUT2D eigenvalue weighted by Gasteiger charge is 2.32. The Hall–Kier alpha value is -1.46. The van der Waals surface area contributed by atoms with Gasteiger partial charge in [0.25, 0.3) is 5.91 Å². The minimum Gasteiger partial charge on any atom is -0.442 e. The number of carbonyl (C=O) groups excluding carboxylic acids is 2. The zero-order valence-corrected chi connectivity index (χ0v) is 13.2. The molecular formula is C14H16Cl2N2O3. The van der Waals surface area contributed by atoms with Crippen LogP contribution in [0.4, 0.5) is 4.79 Å². The lowest BCUT2D eigenvalue weighted by atomic mass is 10.2. The molecule has 2 rings (SSSR count). The van der Waals surface area contributed by atoms with Crippen LogP contribution in [0.2, 0.25) is 10.0 Å². The molecule has 0 aliphatic carbocycles. The molecule has 0 bridgehead atoms. The van der Waals surface area contributed by atoms with Gasteiger partial charge in [0.15, 0.2) is 0 Å². The topological polar surface area (TPSA) is 58.6 Å². The molecule has 0 radical (unpaired) electrons. The van der Waals surface area contributed by atoms with Gasteiger partial charge in [-0.15, -0.1) is 0 Å². The average molecular weight is 331 g/mol. The number of benzene rings is 1. The number of carbonyl (C=O) groups is 2. The van der Waals surface area contributed by atoms with Crippen molar-refractivity contribution in [1.29, 1.82) is 0 Å². The van der Waals surface area contributed by atoms with Crippen LogP contribution in [0.25, 0.3) is 0 Å². The second-order valence-corrected chi connectivity index (χ2v) is 5.91. The van der Waals surface area contributed by atoms with Crippen LogP contribution in [0, 0.1) is 0 Å². The summed E-state index contributed by atoms with van der Waals surface area (Å²) in [4.78, 5) is 25.2. The summed E-state index contributed by atoms with van der Waals surface area (Å²) in [6, 6.07) is 4.73. The van der Waals surface area contributed by atoms with E-state index >= 15 is 0 Å². The Kier molecular flexibility index (Phi) is 4.96. The van der Waals surface area contributed by atoms with E-state index in [-0.39, 0.29) is 30.7 Å². The minimum atomic E-state index is -0.348. The Morgan fingerprint density at radius 3 is 2.71 bits per heavy atom.